The summed E-state index contributed by atoms with van der Waals surface area (Å²) >= 11 is 0. The zero-order chi connectivity index (χ0) is 19.8. The lowest BCUT2D eigenvalue weighted by molar-refractivity contribution is 0.370. The van der Waals surface area contributed by atoms with Crippen LogP contribution in [0, 0.1) is 0 Å². The Balaban J connectivity index is 0.00000300. The number of guanidine groups is 1. The van der Waals surface area contributed by atoms with Crippen LogP contribution in [0.4, 0.5) is 5.95 Å². The van der Waals surface area contributed by atoms with Crippen molar-refractivity contribution in [3.8, 4) is 0 Å². The minimum absolute atomic E-state index is 0. The van der Waals surface area contributed by atoms with E-state index in [9.17, 15) is 0 Å². The van der Waals surface area contributed by atoms with Crippen LogP contribution in [0.25, 0.3) is 0 Å². The molecule has 0 saturated carbocycles. The van der Waals surface area contributed by atoms with Crippen molar-refractivity contribution in [2.24, 2.45) is 4.99 Å². The molecule has 1 N–H and O–H groups in total. The monoisotopic (exact) mass is 509 g/mol. The topological polar surface area (TPSA) is 59.9 Å². The summed E-state index contributed by atoms with van der Waals surface area (Å²) < 4.78 is 0. The molecule has 2 aromatic rings. The summed E-state index contributed by atoms with van der Waals surface area (Å²) in [5, 5.41) is 3.44. The molecule has 158 valence electrons. The molecule has 7 nitrogen and oxygen atoms in total. The van der Waals surface area contributed by atoms with Crippen LogP contribution in [0.3, 0.4) is 0 Å². The zero-order valence-corrected chi connectivity index (χ0v) is 19.9. The number of aliphatic imine (C=N–C) groups is 1. The van der Waals surface area contributed by atoms with Gasteiger partial charge < -0.3 is 20.0 Å². The highest BCUT2D eigenvalue weighted by molar-refractivity contribution is 14.0. The Morgan fingerprint density at radius 3 is 2.41 bits per heavy atom. The lowest BCUT2D eigenvalue weighted by atomic mass is 10.1. The fourth-order valence-corrected chi connectivity index (χ4v) is 3.36. The summed E-state index contributed by atoms with van der Waals surface area (Å²) in [6, 6.07) is 10.5. The van der Waals surface area contributed by atoms with Gasteiger partial charge in [0.05, 0.1) is 6.54 Å². The second kappa shape index (κ2) is 11.9. The van der Waals surface area contributed by atoms with Crippen LogP contribution >= 0.6 is 24.0 Å². The molecule has 1 aliphatic rings. The average molecular weight is 509 g/mol. The minimum Gasteiger partial charge on any atom is -0.357 e. The van der Waals surface area contributed by atoms with Crippen LogP contribution in [0.15, 0.2) is 47.7 Å². The van der Waals surface area contributed by atoms with Crippen molar-refractivity contribution in [1.29, 1.82) is 0 Å². The van der Waals surface area contributed by atoms with Crippen molar-refractivity contribution in [2.75, 3.05) is 51.7 Å². The molecule has 0 aliphatic carbocycles. The van der Waals surface area contributed by atoms with Crippen LogP contribution in [0.5, 0.6) is 0 Å². The first-order chi connectivity index (χ1) is 13.7. The molecule has 1 fully saturated rings. The van der Waals surface area contributed by atoms with Crippen LogP contribution in [0.2, 0.25) is 0 Å². The first kappa shape index (κ1) is 23.3. The van der Waals surface area contributed by atoms with Crippen LogP contribution < -0.4 is 10.2 Å². The molecule has 0 bridgehead atoms. The number of nitrogens with one attached hydrogen (secondary N) is 1. The lowest BCUT2D eigenvalue weighted by Crippen LogP contribution is -2.52. The van der Waals surface area contributed by atoms with Gasteiger partial charge in [0, 0.05) is 51.7 Å². The molecule has 1 saturated heterocycles. The van der Waals surface area contributed by atoms with E-state index >= 15 is 0 Å². The minimum atomic E-state index is 0. The van der Waals surface area contributed by atoms with Gasteiger partial charge in [-0.05, 0) is 38.2 Å². The molecule has 0 amide bonds. The summed E-state index contributed by atoms with van der Waals surface area (Å²) in [4.78, 5) is 20.3. The molecule has 29 heavy (non-hydrogen) atoms. The Kier molecular flexibility index (Phi) is 9.59. The van der Waals surface area contributed by atoms with Gasteiger partial charge in [-0.2, -0.15) is 0 Å². The molecular formula is C21H32IN7. The third kappa shape index (κ3) is 7.11. The van der Waals surface area contributed by atoms with Crippen molar-refractivity contribution in [3.05, 3.63) is 53.9 Å². The van der Waals surface area contributed by atoms with Crippen molar-refractivity contribution >= 4 is 35.9 Å². The third-order valence-electron chi connectivity index (χ3n) is 4.65. The summed E-state index contributed by atoms with van der Waals surface area (Å²) in [7, 11) is 4.18. The molecule has 0 unspecified atom stereocenters. The van der Waals surface area contributed by atoms with E-state index in [1.54, 1.807) is 12.4 Å². The quantitative estimate of drug-likeness (QED) is 0.367. The molecular weight excluding hydrogens is 477 g/mol. The van der Waals surface area contributed by atoms with Gasteiger partial charge in [-0.15, -0.1) is 24.0 Å². The van der Waals surface area contributed by atoms with Crippen molar-refractivity contribution < 1.29 is 0 Å². The molecule has 8 heteroatoms. The predicted octanol–water partition coefficient (Wildman–Crippen LogP) is 2.44. The Morgan fingerprint density at radius 2 is 1.76 bits per heavy atom. The number of nitrogens with zero attached hydrogens (tertiary/aromatic N) is 6. The number of aromatic nitrogens is 2. The molecule has 3 rings (SSSR count). The smallest absolute Gasteiger partial charge is 0.225 e. The van der Waals surface area contributed by atoms with Gasteiger partial charge in [-0.1, -0.05) is 24.3 Å². The standard InChI is InChI=1S/C21H31N7.HI/c1-4-22-20(25-16-18-7-5-8-19(15-18)17-26(2)3)27-11-13-28(14-12-27)21-23-9-6-10-24-21;/h5-10,15H,4,11-14,16-17H2,1-3H3,(H,22,25);1H. The van der Waals surface area contributed by atoms with Gasteiger partial charge >= 0.3 is 0 Å². The maximum Gasteiger partial charge on any atom is 0.225 e. The summed E-state index contributed by atoms with van der Waals surface area (Å²) in [6.45, 7) is 8.21. The zero-order valence-electron chi connectivity index (χ0n) is 17.6. The summed E-state index contributed by atoms with van der Waals surface area (Å²) in [5.41, 5.74) is 2.56. The highest BCUT2D eigenvalue weighted by atomic mass is 127. The molecule has 1 aromatic carbocycles. The number of benzene rings is 1. The largest absolute Gasteiger partial charge is 0.357 e. The van der Waals surface area contributed by atoms with Crippen LogP contribution in [0.1, 0.15) is 18.1 Å². The molecule has 1 aliphatic heterocycles. The van der Waals surface area contributed by atoms with Crippen molar-refractivity contribution in [3.63, 3.8) is 0 Å². The van der Waals surface area contributed by atoms with Crippen molar-refractivity contribution in [2.45, 2.75) is 20.0 Å². The van der Waals surface area contributed by atoms with Gasteiger partial charge in [0.1, 0.15) is 0 Å². The van der Waals surface area contributed by atoms with Gasteiger partial charge in [0.25, 0.3) is 0 Å². The highest BCUT2D eigenvalue weighted by Crippen LogP contribution is 2.11. The van der Waals surface area contributed by atoms with E-state index in [4.69, 9.17) is 4.99 Å². The SMILES string of the molecule is CCNC(=NCc1cccc(CN(C)C)c1)N1CCN(c2ncccn2)CC1.I. The molecule has 0 atom stereocenters. The number of piperazine rings is 1. The Morgan fingerprint density at radius 1 is 1.07 bits per heavy atom. The molecule has 0 radical (unpaired) electrons. The maximum absolute atomic E-state index is 4.89. The number of hydrogen-bond acceptors (Lipinski definition) is 5. The number of halogens is 1. The second-order valence-electron chi connectivity index (χ2n) is 7.25. The number of hydrogen-bond donors (Lipinski definition) is 1. The normalized spacial score (nSPS) is 14.7. The van der Waals surface area contributed by atoms with Crippen LogP contribution in [-0.2, 0) is 13.1 Å². The van der Waals surface area contributed by atoms with E-state index < -0.39 is 0 Å². The number of rotatable bonds is 6. The van der Waals surface area contributed by atoms with E-state index in [0.717, 1.165) is 51.2 Å². The molecule has 0 spiro atoms. The molecule has 1 aromatic heterocycles. The average Bonchev–Trinajstić information content (AvgIpc) is 2.72. The van der Waals surface area contributed by atoms with Gasteiger partial charge in [0.15, 0.2) is 5.96 Å². The van der Waals surface area contributed by atoms with Gasteiger partial charge in [0.2, 0.25) is 5.95 Å². The fraction of sp³-hybridized carbons (Fsp3) is 0.476. The number of anilines is 1. The highest BCUT2D eigenvalue weighted by Gasteiger charge is 2.21. The van der Waals surface area contributed by atoms with Crippen molar-refractivity contribution in [1.82, 2.24) is 25.1 Å². The second-order valence-corrected chi connectivity index (χ2v) is 7.25. The summed E-state index contributed by atoms with van der Waals surface area (Å²) in [6.07, 6.45) is 3.59. The first-order valence-corrected chi connectivity index (χ1v) is 9.93. The Bertz CT molecular complexity index is 759. The Labute approximate surface area is 191 Å². The van der Waals surface area contributed by atoms with E-state index in [2.05, 4.69) is 75.3 Å². The van der Waals surface area contributed by atoms with E-state index in [1.165, 1.54) is 11.1 Å². The lowest BCUT2D eigenvalue weighted by Gasteiger charge is -2.36. The third-order valence-corrected chi connectivity index (χ3v) is 4.65. The van der Waals surface area contributed by atoms with E-state index in [-0.39, 0.29) is 24.0 Å². The fourth-order valence-electron chi connectivity index (χ4n) is 3.36. The van der Waals surface area contributed by atoms with Crippen LogP contribution in [-0.4, -0.2) is 72.5 Å². The van der Waals surface area contributed by atoms with E-state index in [1.807, 2.05) is 6.07 Å². The molecule has 2 heterocycles. The summed E-state index contributed by atoms with van der Waals surface area (Å²) in [5.74, 6) is 1.79. The Hall–Kier alpha value is -1.94. The maximum atomic E-state index is 4.89. The first-order valence-electron chi connectivity index (χ1n) is 9.93. The predicted molar refractivity (Wildman–Crippen MR) is 130 cm³/mol. The van der Waals surface area contributed by atoms with Gasteiger partial charge in [-0.3, -0.25) is 0 Å². The van der Waals surface area contributed by atoms with Gasteiger partial charge in [-0.25, -0.2) is 15.0 Å². The van der Waals surface area contributed by atoms with E-state index in [0.29, 0.717) is 6.54 Å².